The van der Waals surface area contributed by atoms with Crippen LogP contribution in [0, 0.1) is 4.77 Å². The topological polar surface area (TPSA) is 76.0 Å². The highest BCUT2D eigenvalue weighted by Gasteiger charge is 2.33. The molecule has 1 aromatic carbocycles. The van der Waals surface area contributed by atoms with Crippen LogP contribution < -0.4 is 10.6 Å². The maximum Gasteiger partial charge on any atom is 0.257 e. The summed E-state index contributed by atoms with van der Waals surface area (Å²) < 4.78 is 1.64. The Morgan fingerprint density at radius 3 is 2.84 bits per heavy atom. The second-order valence-electron chi connectivity index (χ2n) is 6.74. The molecule has 25 heavy (non-hydrogen) atoms. The summed E-state index contributed by atoms with van der Waals surface area (Å²) in [4.78, 5) is 29.4. The summed E-state index contributed by atoms with van der Waals surface area (Å²) >= 11 is 5.27. The third-order valence-corrected chi connectivity index (χ3v) is 5.25. The van der Waals surface area contributed by atoms with Gasteiger partial charge in [0.25, 0.3) is 5.91 Å². The molecule has 0 unspecified atom stereocenters. The maximum absolute atomic E-state index is 12.7. The van der Waals surface area contributed by atoms with E-state index < -0.39 is 6.04 Å². The van der Waals surface area contributed by atoms with Crippen LogP contribution in [0.2, 0.25) is 0 Å². The summed E-state index contributed by atoms with van der Waals surface area (Å²) in [6.07, 6.45) is 5.71. The largest absolute Gasteiger partial charge is 0.358 e. The van der Waals surface area contributed by atoms with Crippen LogP contribution in [-0.2, 0) is 4.79 Å². The van der Waals surface area contributed by atoms with Gasteiger partial charge in [0, 0.05) is 11.4 Å². The van der Waals surface area contributed by atoms with Crippen LogP contribution in [-0.4, -0.2) is 33.4 Å². The van der Waals surface area contributed by atoms with Crippen molar-refractivity contribution in [3.63, 3.8) is 0 Å². The number of aromatic nitrogens is 2. The molecule has 4 rings (SSSR count). The molecule has 6 nitrogen and oxygen atoms in total. The number of para-hydroxylation sites is 1. The van der Waals surface area contributed by atoms with Gasteiger partial charge in [-0.1, -0.05) is 31.4 Å². The number of fused-ring (bicyclic) bond motifs is 3. The van der Waals surface area contributed by atoms with Crippen LogP contribution in [0.1, 0.15) is 43.3 Å². The highest BCUT2D eigenvalue weighted by Crippen LogP contribution is 2.28. The molecule has 2 heterocycles. The van der Waals surface area contributed by atoms with E-state index in [0.717, 1.165) is 36.6 Å². The number of anilines is 1. The lowest BCUT2D eigenvalue weighted by Crippen LogP contribution is -2.40. The van der Waals surface area contributed by atoms with Gasteiger partial charge in [0.2, 0.25) is 10.7 Å². The Kier molecular flexibility index (Phi) is 4.25. The van der Waals surface area contributed by atoms with Crippen molar-refractivity contribution in [2.75, 3.05) is 5.32 Å². The van der Waals surface area contributed by atoms with Crippen molar-refractivity contribution in [2.24, 2.45) is 0 Å². The third-order valence-electron chi connectivity index (χ3n) is 4.98. The van der Waals surface area contributed by atoms with Gasteiger partial charge in [0.15, 0.2) is 0 Å². The van der Waals surface area contributed by atoms with Gasteiger partial charge in [0.05, 0.1) is 11.9 Å². The van der Waals surface area contributed by atoms with E-state index in [9.17, 15) is 9.59 Å². The van der Waals surface area contributed by atoms with Crippen molar-refractivity contribution in [3.05, 3.63) is 29.0 Å². The fourth-order valence-electron chi connectivity index (χ4n) is 3.73. The van der Waals surface area contributed by atoms with Gasteiger partial charge < -0.3 is 10.6 Å². The van der Waals surface area contributed by atoms with Crippen molar-refractivity contribution >= 4 is 40.8 Å². The molecule has 7 heteroatoms. The smallest absolute Gasteiger partial charge is 0.257 e. The van der Waals surface area contributed by atoms with Crippen molar-refractivity contribution < 1.29 is 9.59 Å². The highest BCUT2D eigenvalue weighted by atomic mass is 32.1. The number of amides is 1. The van der Waals surface area contributed by atoms with E-state index in [-0.39, 0.29) is 29.0 Å². The van der Waals surface area contributed by atoms with Crippen molar-refractivity contribution in [1.29, 1.82) is 0 Å². The number of hydrogen-bond acceptors (Lipinski definition) is 5. The molecule has 1 aliphatic heterocycles. The Bertz CT molecular complexity index is 902. The Balaban J connectivity index is 1.54. The van der Waals surface area contributed by atoms with Crippen LogP contribution in [0.5, 0.6) is 0 Å². The molecule has 0 spiro atoms. The number of carbonyl (C=O) groups excluding carboxylic acids is 2. The minimum Gasteiger partial charge on any atom is -0.358 e. The Morgan fingerprint density at radius 2 is 2.04 bits per heavy atom. The second-order valence-corrected chi connectivity index (χ2v) is 7.10. The number of nitrogens with one attached hydrogen (secondary N) is 2. The zero-order valence-electron chi connectivity index (χ0n) is 13.8. The molecule has 2 N–H and O–H groups in total. The van der Waals surface area contributed by atoms with E-state index >= 15 is 0 Å². The maximum atomic E-state index is 12.7. The molecule has 1 saturated carbocycles. The molecule has 0 radical (unpaired) electrons. The van der Waals surface area contributed by atoms with E-state index in [4.69, 9.17) is 12.2 Å². The average Bonchev–Trinajstić information content (AvgIpc) is 2.93. The molecule has 2 aliphatic rings. The first-order valence-corrected chi connectivity index (χ1v) is 9.16. The fraction of sp³-hybridized carbons (Fsp3) is 0.444. The summed E-state index contributed by atoms with van der Waals surface area (Å²) in [7, 11) is 0. The van der Waals surface area contributed by atoms with Crippen LogP contribution in [0.25, 0.3) is 10.9 Å². The minimum absolute atomic E-state index is 0.0886. The van der Waals surface area contributed by atoms with Crippen LogP contribution in [0.4, 0.5) is 5.82 Å². The van der Waals surface area contributed by atoms with Crippen LogP contribution in [0.3, 0.4) is 0 Å². The Hall–Kier alpha value is -2.28. The zero-order valence-corrected chi connectivity index (χ0v) is 14.6. The molecular formula is C18H20N4O2S. The lowest BCUT2D eigenvalue weighted by atomic mass is 9.95. The number of hydrogen-bond donors (Lipinski definition) is 2. The first-order chi connectivity index (χ1) is 12.1. The molecule has 130 valence electrons. The van der Waals surface area contributed by atoms with Gasteiger partial charge in [-0.25, -0.2) is 9.55 Å². The molecule has 1 aromatic heterocycles. The van der Waals surface area contributed by atoms with Crippen molar-refractivity contribution in [3.8, 4) is 0 Å². The third kappa shape index (κ3) is 3.04. The molecule has 1 atom stereocenters. The second kappa shape index (κ2) is 6.55. The van der Waals surface area contributed by atoms with Gasteiger partial charge in [0.1, 0.15) is 11.9 Å². The van der Waals surface area contributed by atoms with E-state index in [2.05, 4.69) is 15.6 Å². The normalized spacial score (nSPS) is 20.3. The molecule has 1 fully saturated rings. The first-order valence-electron chi connectivity index (χ1n) is 8.75. The molecule has 1 aliphatic carbocycles. The standard InChI is InChI=1S/C18H20N4O2S/c23-15(19-11-6-2-1-3-7-11)10-14-17(24)22-16(20-14)12-8-4-5-9-13(12)21-18(22)25/h4-5,8-9,11,14,20H,1-3,6-7,10H2,(H,19,23)/t14-/m0/s1. The lowest BCUT2D eigenvalue weighted by molar-refractivity contribution is -0.122. The van der Waals surface area contributed by atoms with E-state index in [0.29, 0.717) is 5.82 Å². The van der Waals surface area contributed by atoms with Crippen LogP contribution in [0.15, 0.2) is 24.3 Å². The Morgan fingerprint density at radius 1 is 1.28 bits per heavy atom. The van der Waals surface area contributed by atoms with E-state index in [1.54, 1.807) is 0 Å². The predicted octanol–water partition coefficient (Wildman–Crippen LogP) is 3.04. The monoisotopic (exact) mass is 356 g/mol. The molecule has 0 bridgehead atoms. The van der Waals surface area contributed by atoms with E-state index in [1.807, 2.05) is 24.3 Å². The summed E-state index contributed by atoms with van der Waals surface area (Å²) in [5.41, 5.74) is 0.742. The molecule has 1 amide bonds. The minimum atomic E-state index is -0.599. The molecular weight excluding hydrogens is 336 g/mol. The van der Waals surface area contributed by atoms with Crippen molar-refractivity contribution in [2.45, 2.75) is 50.6 Å². The fourth-order valence-corrected chi connectivity index (χ4v) is 4.01. The summed E-state index contributed by atoms with van der Waals surface area (Å²) in [6.45, 7) is 0. The predicted molar refractivity (Wildman–Crippen MR) is 98.2 cm³/mol. The Labute approximate surface area is 150 Å². The number of rotatable bonds is 3. The SMILES string of the molecule is O=C(C[C@@H]1Nc2c3ccccc3nc(=S)n2C1=O)NC1CCCCC1. The molecule has 2 aromatic rings. The highest BCUT2D eigenvalue weighted by molar-refractivity contribution is 7.71. The summed E-state index contributed by atoms with van der Waals surface area (Å²) in [5.74, 6) is 0.336. The zero-order chi connectivity index (χ0) is 17.4. The summed E-state index contributed by atoms with van der Waals surface area (Å²) in [6, 6.07) is 7.17. The van der Waals surface area contributed by atoms with Gasteiger partial charge in [-0.05, 0) is 37.2 Å². The number of carbonyl (C=O) groups is 2. The van der Waals surface area contributed by atoms with Gasteiger partial charge in [-0.2, -0.15) is 0 Å². The van der Waals surface area contributed by atoms with Crippen LogP contribution >= 0.6 is 12.2 Å². The molecule has 0 saturated heterocycles. The number of benzene rings is 1. The van der Waals surface area contributed by atoms with Gasteiger partial charge >= 0.3 is 0 Å². The summed E-state index contributed by atoms with van der Waals surface area (Å²) in [5, 5.41) is 7.08. The van der Waals surface area contributed by atoms with Gasteiger partial charge in [-0.15, -0.1) is 0 Å². The van der Waals surface area contributed by atoms with Gasteiger partial charge in [-0.3, -0.25) is 9.59 Å². The quantitative estimate of drug-likeness (QED) is 0.827. The number of nitrogens with zero attached hydrogens (tertiary/aromatic N) is 2. The van der Waals surface area contributed by atoms with Crippen molar-refractivity contribution in [1.82, 2.24) is 14.9 Å². The van der Waals surface area contributed by atoms with E-state index in [1.165, 1.54) is 11.0 Å². The first kappa shape index (κ1) is 16.2. The lowest BCUT2D eigenvalue weighted by Gasteiger charge is -2.23. The average molecular weight is 356 g/mol.